The lowest BCUT2D eigenvalue weighted by molar-refractivity contribution is 1.34. The lowest BCUT2D eigenvalue weighted by Gasteiger charge is -2.04. The Morgan fingerprint density at radius 3 is 1.56 bits per heavy atom. The molecular weight excluding hydrogens is 356 g/mol. The van der Waals surface area contributed by atoms with Gasteiger partial charge in [0.05, 0.1) is 22.1 Å². The summed E-state index contributed by atoms with van der Waals surface area (Å²) in [5, 5.41) is 1.67. The van der Waals surface area contributed by atoms with Crippen LogP contribution >= 0.6 is 31.9 Å². The van der Waals surface area contributed by atoms with Crippen molar-refractivity contribution in [3.8, 4) is 0 Å². The van der Waals surface area contributed by atoms with Crippen LogP contribution in [0.2, 0.25) is 0 Å². The van der Waals surface area contributed by atoms with Gasteiger partial charge >= 0.3 is 0 Å². The molecule has 4 heteroatoms. The number of rotatable bonds is 2. The van der Waals surface area contributed by atoms with Crippen molar-refractivity contribution in [3.63, 3.8) is 0 Å². The Morgan fingerprint density at radius 1 is 0.667 bits per heavy atom. The summed E-state index contributed by atoms with van der Waals surface area (Å²) in [7, 11) is 0. The summed E-state index contributed by atoms with van der Waals surface area (Å²) in [5.41, 5.74) is 6.22. The van der Waals surface area contributed by atoms with Crippen molar-refractivity contribution in [1.82, 2.24) is 9.97 Å². The van der Waals surface area contributed by atoms with Crippen molar-refractivity contribution in [1.29, 1.82) is 0 Å². The van der Waals surface area contributed by atoms with Gasteiger partial charge in [-0.1, -0.05) is 44.0 Å². The Kier molecular flexibility index (Phi) is 3.31. The predicted molar refractivity (Wildman–Crippen MR) is 82.3 cm³/mol. The molecule has 0 aliphatic rings. The summed E-state index contributed by atoms with van der Waals surface area (Å²) >= 11 is 6.92. The monoisotopic (exact) mass is 364 g/mol. The van der Waals surface area contributed by atoms with Crippen LogP contribution in [-0.4, -0.2) is 9.97 Å². The summed E-state index contributed by atoms with van der Waals surface area (Å²) in [4.78, 5) is 9.33. The first kappa shape index (κ1) is 12.1. The van der Waals surface area contributed by atoms with E-state index in [0.717, 1.165) is 32.7 Å². The van der Waals surface area contributed by atoms with E-state index >= 15 is 0 Å². The van der Waals surface area contributed by atoms with E-state index in [-0.39, 0.29) is 0 Å². The molecule has 3 rings (SSSR count). The molecule has 0 N–H and O–H groups in total. The van der Waals surface area contributed by atoms with Crippen LogP contribution in [0.4, 0.5) is 0 Å². The third-order valence-electron chi connectivity index (χ3n) is 2.87. The molecule has 0 radical (unpaired) electrons. The Bertz CT molecular complexity index is 666. The van der Waals surface area contributed by atoms with E-state index in [1.54, 1.807) is 0 Å². The van der Waals surface area contributed by atoms with Crippen molar-refractivity contribution in [2.24, 2.45) is 0 Å². The number of halogens is 2. The first-order chi connectivity index (χ1) is 8.80. The third-order valence-corrected chi connectivity index (χ3v) is 4.17. The van der Waals surface area contributed by atoms with Crippen molar-refractivity contribution in [3.05, 3.63) is 47.5 Å². The Hall–Kier alpha value is -1.00. The zero-order valence-corrected chi connectivity index (χ0v) is 12.7. The van der Waals surface area contributed by atoms with Crippen molar-refractivity contribution < 1.29 is 0 Å². The standard InChI is InChI=1S/C14H10Br2N2/c15-7-9-1-3-11-13(5-9)18-14-6-10(8-16)2-4-12(14)17-11/h1-6H,7-8H2. The van der Waals surface area contributed by atoms with Gasteiger partial charge in [0.15, 0.2) is 0 Å². The van der Waals surface area contributed by atoms with Crippen LogP contribution in [0.3, 0.4) is 0 Å². The molecule has 2 nitrogen and oxygen atoms in total. The minimum atomic E-state index is 0.837. The molecule has 0 unspecified atom stereocenters. The highest BCUT2D eigenvalue weighted by Gasteiger charge is 2.03. The van der Waals surface area contributed by atoms with Gasteiger partial charge in [0.1, 0.15) is 0 Å². The van der Waals surface area contributed by atoms with Crippen LogP contribution in [-0.2, 0) is 10.7 Å². The number of fused-ring (bicyclic) bond motifs is 2. The van der Waals surface area contributed by atoms with Gasteiger partial charge in [-0.15, -0.1) is 0 Å². The zero-order valence-electron chi connectivity index (χ0n) is 9.53. The van der Waals surface area contributed by atoms with E-state index in [0.29, 0.717) is 0 Å². The van der Waals surface area contributed by atoms with Gasteiger partial charge in [0.25, 0.3) is 0 Å². The second-order valence-electron chi connectivity index (χ2n) is 4.14. The first-order valence-electron chi connectivity index (χ1n) is 5.61. The summed E-state index contributed by atoms with van der Waals surface area (Å²) in [6, 6.07) is 12.4. The molecule has 3 aromatic rings. The highest BCUT2D eigenvalue weighted by atomic mass is 79.9. The maximum atomic E-state index is 4.69. The molecule has 0 atom stereocenters. The molecular formula is C14H10Br2N2. The molecule has 0 amide bonds. The fraction of sp³-hybridized carbons (Fsp3) is 0.143. The number of hydrogen-bond acceptors (Lipinski definition) is 2. The zero-order chi connectivity index (χ0) is 12.5. The second-order valence-corrected chi connectivity index (χ2v) is 5.26. The molecule has 90 valence electrons. The largest absolute Gasteiger partial charge is 0.245 e. The minimum absolute atomic E-state index is 0.837. The molecule has 2 aromatic carbocycles. The fourth-order valence-electron chi connectivity index (χ4n) is 1.93. The SMILES string of the molecule is BrCc1ccc2nc3ccc(CBr)cc3nc2c1. The summed E-state index contributed by atoms with van der Waals surface area (Å²) in [6.45, 7) is 0. The van der Waals surface area contributed by atoms with E-state index in [2.05, 4.69) is 61.1 Å². The van der Waals surface area contributed by atoms with Gasteiger partial charge in [-0.3, -0.25) is 0 Å². The topological polar surface area (TPSA) is 25.8 Å². The number of nitrogens with zero attached hydrogens (tertiary/aromatic N) is 2. The van der Waals surface area contributed by atoms with E-state index in [4.69, 9.17) is 4.98 Å². The summed E-state index contributed by atoms with van der Waals surface area (Å²) < 4.78 is 0. The third kappa shape index (κ3) is 2.15. The summed E-state index contributed by atoms with van der Waals surface area (Å²) in [5.74, 6) is 0. The van der Waals surface area contributed by atoms with Gasteiger partial charge in [0.2, 0.25) is 0 Å². The van der Waals surface area contributed by atoms with Crippen LogP contribution in [0.15, 0.2) is 36.4 Å². The van der Waals surface area contributed by atoms with Gasteiger partial charge in [-0.2, -0.15) is 0 Å². The second kappa shape index (κ2) is 4.94. The van der Waals surface area contributed by atoms with Crippen molar-refractivity contribution >= 4 is 53.9 Å². The quantitative estimate of drug-likeness (QED) is 0.491. The average Bonchev–Trinajstić information content (AvgIpc) is 2.43. The number of alkyl halides is 2. The molecule has 1 aromatic heterocycles. The summed E-state index contributed by atoms with van der Waals surface area (Å²) in [6.07, 6.45) is 0. The van der Waals surface area contributed by atoms with Crippen LogP contribution in [0.5, 0.6) is 0 Å². The van der Waals surface area contributed by atoms with E-state index in [1.165, 1.54) is 11.1 Å². The molecule has 18 heavy (non-hydrogen) atoms. The Balaban J connectivity index is 2.29. The Labute approximate surface area is 122 Å². The predicted octanol–water partition coefficient (Wildman–Crippen LogP) is 4.57. The van der Waals surface area contributed by atoms with Crippen molar-refractivity contribution in [2.45, 2.75) is 10.7 Å². The fourth-order valence-corrected chi connectivity index (χ4v) is 2.63. The lowest BCUT2D eigenvalue weighted by Crippen LogP contribution is -1.90. The molecule has 0 fully saturated rings. The smallest absolute Gasteiger partial charge is 0.0897 e. The highest BCUT2D eigenvalue weighted by Crippen LogP contribution is 2.20. The lowest BCUT2D eigenvalue weighted by atomic mass is 10.2. The van der Waals surface area contributed by atoms with E-state index in [9.17, 15) is 0 Å². The van der Waals surface area contributed by atoms with Crippen molar-refractivity contribution in [2.75, 3.05) is 0 Å². The molecule has 0 aliphatic carbocycles. The minimum Gasteiger partial charge on any atom is -0.245 e. The number of benzene rings is 2. The highest BCUT2D eigenvalue weighted by molar-refractivity contribution is 9.08. The maximum Gasteiger partial charge on any atom is 0.0897 e. The first-order valence-corrected chi connectivity index (χ1v) is 7.86. The molecule has 1 heterocycles. The van der Waals surface area contributed by atoms with Crippen LogP contribution in [0, 0.1) is 0 Å². The molecule has 0 bridgehead atoms. The van der Waals surface area contributed by atoms with Gasteiger partial charge in [-0.05, 0) is 35.4 Å². The van der Waals surface area contributed by atoms with Crippen LogP contribution in [0.1, 0.15) is 11.1 Å². The Morgan fingerprint density at radius 2 is 1.11 bits per heavy atom. The van der Waals surface area contributed by atoms with Gasteiger partial charge < -0.3 is 0 Å². The molecule has 0 aliphatic heterocycles. The molecule has 0 saturated heterocycles. The molecule has 0 saturated carbocycles. The number of hydrogen-bond donors (Lipinski definition) is 0. The van der Waals surface area contributed by atoms with Crippen LogP contribution in [0.25, 0.3) is 22.1 Å². The van der Waals surface area contributed by atoms with E-state index < -0.39 is 0 Å². The van der Waals surface area contributed by atoms with Crippen LogP contribution < -0.4 is 0 Å². The van der Waals surface area contributed by atoms with E-state index in [1.807, 2.05) is 12.1 Å². The molecule has 0 spiro atoms. The van der Waals surface area contributed by atoms with Gasteiger partial charge in [-0.25, -0.2) is 9.97 Å². The van der Waals surface area contributed by atoms with Gasteiger partial charge in [0, 0.05) is 10.7 Å². The average molecular weight is 366 g/mol. The number of aromatic nitrogens is 2. The maximum absolute atomic E-state index is 4.69. The normalized spacial score (nSPS) is 11.2.